The van der Waals surface area contributed by atoms with Gasteiger partial charge < -0.3 is 10.4 Å². The van der Waals surface area contributed by atoms with Crippen LogP contribution >= 0.6 is 12.4 Å². The lowest BCUT2D eigenvalue weighted by Gasteiger charge is -2.07. The molecule has 0 saturated carbocycles. The van der Waals surface area contributed by atoms with Gasteiger partial charge in [0.05, 0.1) is 6.42 Å². The summed E-state index contributed by atoms with van der Waals surface area (Å²) in [7, 11) is 0. The Hall–Kier alpha value is -1.48. The second-order valence-corrected chi connectivity index (χ2v) is 3.41. The van der Waals surface area contributed by atoms with Gasteiger partial charge in [0, 0.05) is 6.04 Å². The van der Waals surface area contributed by atoms with Crippen LogP contribution in [0.25, 0.3) is 6.08 Å². The zero-order valence-electron chi connectivity index (χ0n) is 9.09. The van der Waals surface area contributed by atoms with E-state index in [4.69, 9.17) is 5.11 Å². The highest BCUT2D eigenvalue weighted by Gasteiger charge is 2.03. The third-order valence-corrected chi connectivity index (χ3v) is 1.94. The Bertz CT molecular complexity index is 338. The molecule has 0 aromatic heterocycles. The lowest BCUT2D eigenvalue weighted by atomic mass is 10.2. The molecule has 2 N–H and O–H groups in total. The van der Waals surface area contributed by atoms with Gasteiger partial charge in [-0.15, -0.1) is 12.4 Å². The van der Waals surface area contributed by atoms with Gasteiger partial charge in [-0.2, -0.15) is 0 Å². The summed E-state index contributed by atoms with van der Waals surface area (Å²) in [5.41, 5.74) is 1.09. The predicted octanol–water partition coefficient (Wildman–Crippen LogP) is 2.53. The van der Waals surface area contributed by atoms with Crippen molar-refractivity contribution < 1.29 is 9.90 Å². The van der Waals surface area contributed by atoms with E-state index in [0.717, 1.165) is 5.56 Å². The number of nitrogens with one attached hydrogen (secondary N) is 1. The maximum atomic E-state index is 10.4. The van der Waals surface area contributed by atoms with Crippen LogP contribution in [0.2, 0.25) is 0 Å². The van der Waals surface area contributed by atoms with Crippen LogP contribution in [0.4, 0.5) is 0 Å². The molecule has 0 heterocycles. The van der Waals surface area contributed by atoms with Gasteiger partial charge in [0.1, 0.15) is 0 Å². The van der Waals surface area contributed by atoms with Crippen molar-refractivity contribution in [3.05, 3.63) is 42.1 Å². The van der Waals surface area contributed by atoms with Gasteiger partial charge in [0.15, 0.2) is 0 Å². The van der Waals surface area contributed by atoms with Crippen molar-refractivity contribution in [2.24, 2.45) is 0 Å². The van der Waals surface area contributed by atoms with Gasteiger partial charge >= 0.3 is 5.97 Å². The van der Waals surface area contributed by atoms with Gasteiger partial charge in [-0.05, 0) is 24.8 Å². The molecule has 1 rings (SSSR count). The van der Waals surface area contributed by atoms with Crippen molar-refractivity contribution in [1.82, 2.24) is 5.32 Å². The van der Waals surface area contributed by atoms with Crippen molar-refractivity contribution in [2.75, 3.05) is 0 Å². The van der Waals surface area contributed by atoms with Crippen LogP contribution in [0.5, 0.6) is 0 Å². The van der Waals surface area contributed by atoms with Crippen LogP contribution in [0.1, 0.15) is 18.9 Å². The summed E-state index contributed by atoms with van der Waals surface area (Å²) in [6, 6.07) is 9.79. The third kappa shape index (κ3) is 6.09. The summed E-state index contributed by atoms with van der Waals surface area (Å²) in [6.45, 7) is 1.84. The van der Waals surface area contributed by atoms with E-state index in [1.165, 1.54) is 0 Å². The first-order valence-corrected chi connectivity index (χ1v) is 4.88. The number of halogens is 1. The number of carboxylic acid groups (broad SMARTS) is 1. The molecule has 1 aromatic carbocycles. The summed E-state index contributed by atoms with van der Waals surface area (Å²) < 4.78 is 0. The molecule has 0 aliphatic rings. The highest BCUT2D eigenvalue weighted by atomic mass is 35.5. The standard InChI is InChI=1S/C12H15NO2.ClH/c1-10(9-12(14)15)13-8-7-11-5-3-2-4-6-11;/h2-8,10,13H,9H2,1H3,(H,14,15);1H/b8-7+;/t10-;/m1./s1. The average molecular weight is 242 g/mol. The van der Waals surface area contributed by atoms with E-state index in [1.807, 2.05) is 43.3 Å². The molecular formula is C12H16ClNO2. The molecule has 0 unspecified atom stereocenters. The van der Waals surface area contributed by atoms with E-state index in [2.05, 4.69) is 5.32 Å². The number of hydrogen-bond donors (Lipinski definition) is 2. The minimum Gasteiger partial charge on any atom is -0.481 e. The Morgan fingerprint density at radius 3 is 2.62 bits per heavy atom. The normalized spacial score (nSPS) is 11.8. The zero-order valence-corrected chi connectivity index (χ0v) is 9.91. The zero-order chi connectivity index (χ0) is 11.1. The molecule has 0 radical (unpaired) electrons. The summed E-state index contributed by atoms with van der Waals surface area (Å²) in [4.78, 5) is 10.4. The smallest absolute Gasteiger partial charge is 0.305 e. The van der Waals surface area contributed by atoms with Crippen LogP contribution in [-0.2, 0) is 4.79 Å². The molecule has 0 amide bonds. The van der Waals surface area contributed by atoms with Gasteiger partial charge in [-0.1, -0.05) is 30.3 Å². The molecular weight excluding hydrogens is 226 g/mol. The predicted molar refractivity (Wildman–Crippen MR) is 67.6 cm³/mol. The van der Waals surface area contributed by atoms with Crippen LogP contribution in [0, 0.1) is 0 Å². The van der Waals surface area contributed by atoms with E-state index < -0.39 is 5.97 Å². The van der Waals surface area contributed by atoms with E-state index in [0.29, 0.717) is 0 Å². The molecule has 3 nitrogen and oxygen atoms in total. The van der Waals surface area contributed by atoms with Crippen molar-refractivity contribution >= 4 is 24.5 Å². The highest BCUT2D eigenvalue weighted by Crippen LogP contribution is 2.00. The van der Waals surface area contributed by atoms with Gasteiger partial charge in [-0.25, -0.2) is 0 Å². The second-order valence-electron chi connectivity index (χ2n) is 3.41. The fourth-order valence-electron chi connectivity index (χ4n) is 1.19. The van der Waals surface area contributed by atoms with Crippen LogP contribution in [0.3, 0.4) is 0 Å². The van der Waals surface area contributed by atoms with Gasteiger partial charge in [0.25, 0.3) is 0 Å². The van der Waals surface area contributed by atoms with Crippen molar-refractivity contribution in [3.8, 4) is 0 Å². The van der Waals surface area contributed by atoms with E-state index in [1.54, 1.807) is 6.20 Å². The number of benzene rings is 1. The Kier molecular flexibility index (Phi) is 7.05. The Labute approximate surface area is 102 Å². The first-order chi connectivity index (χ1) is 7.18. The highest BCUT2D eigenvalue weighted by molar-refractivity contribution is 5.85. The van der Waals surface area contributed by atoms with Crippen molar-refractivity contribution in [3.63, 3.8) is 0 Å². The molecule has 0 saturated heterocycles. The number of carboxylic acids is 1. The SMILES string of the molecule is C[C@H](CC(=O)O)N/C=C/c1ccccc1.Cl. The minimum atomic E-state index is -0.789. The number of aliphatic carboxylic acids is 1. The summed E-state index contributed by atoms with van der Waals surface area (Å²) in [5.74, 6) is -0.789. The fraction of sp³-hybridized carbons (Fsp3) is 0.250. The number of hydrogen-bond acceptors (Lipinski definition) is 2. The Balaban J connectivity index is 0.00000225. The van der Waals surface area contributed by atoms with Gasteiger partial charge in [-0.3, -0.25) is 4.79 Å². The molecule has 16 heavy (non-hydrogen) atoms. The molecule has 0 aliphatic heterocycles. The first-order valence-electron chi connectivity index (χ1n) is 4.88. The van der Waals surface area contributed by atoms with Crippen LogP contribution in [-0.4, -0.2) is 17.1 Å². The first kappa shape index (κ1) is 14.5. The number of carbonyl (C=O) groups is 1. The van der Waals surface area contributed by atoms with E-state index in [-0.39, 0.29) is 24.9 Å². The molecule has 0 bridgehead atoms. The van der Waals surface area contributed by atoms with E-state index >= 15 is 0 Å². The minimum absolute atomic E-state index is 0. The largest absolute Gasteiger partial charge is 0.481 e. The third-order valence-electron chi connectivity index (χ3n) is 1.94. The molecule has 4 heteroatoms. The quantitative estimate of drug-likeness (QED) is 0.833. The molecule has 0 fully saturated rings. The summed E-state index contributed by atoms with van der Waals surface area (Å²) in [5, 5.41) is 11.5. The van der Waals surface area contributed by atoms with Crippen molar-refractivity contribution in [1.29, 1.82) is 0 Å². The Morgan fingerprint density at radius 1 is 1.44 bits per heavy atom. The van der Waals surface area contributed by atoms with Crippen molar-refractivity contribution in [2.45, 2.75) is 19.4 Å². The monoisotopic (exact) mass is 241 g/mol. The lowest BCUT2D eigenvalue weighted by Crippen LogP contribution is -2.23. The lowest BCUT2D eigenvalue weighted by molar-refractivity contribution is -0.137. The maximum Gasteiger partial charge on any atom is 0.305 e. The maximum absolute atomic E-state index is 10.4. The second kappa shape index (κ2) is 7.77. The summed E-state index contributed by atoms with van der Waals surface area (Å²) in [6.07, 6.45) is 3.82. The molecule has 1 aromatic rings. The fourth-order valence-corrected chi connectivity index (χ4v) is 1.19. The summed E-state index contributed by atoms with van der Waals surface area (Å²) >= 11 is 0. The molecule has 88 valence electrons. The number of rotatable bonds is 5. The molecule has 1 atom stereocenters. The average Bonchev–Trinajstić information content (AvgIpc) is 2.18. The molecule has 0 spiro atoms. The Morgan fingerprint density at radius 2 is 2.06 bits per heavy atom. The van der Waals surface area contributed by atoms with Gasteiger partial charge in [0.2, 0.25) is 0 Å². The van der Waals surface area contributed by atoms with Crippen LogP contribution in [0.15, 0.2) is 36.5 Å². The van der Waals surface area contributed by atoms with E-state index in [9.17, 15) is 4.79 Å². The van der Waals surface area contributed by atoms with Crippen LogP contribution < -0.4 is 5.32 Å². The topological polar surface area (TPSA) is 49.3 Å². The molecule has 0 aliphatic carbocycles.